The molecule has 1 aromatic heterocycles. The quantitative estimate of drug-likeness (QED) is 0.140. The van der Waals surface area contributed by atoms with Crippen molar-refractivity contribution in [1.82, 2.24) is 4.90 Å². The van der Waals surface area contributed by atoms with Gasteiger partial charge in [0.05, 0.1) is 33.5 Å². The molecule has 50 heavy (non-hydrogen) atoms. The summed E-state index contributed by atoms with van der Waals surface area (Å²) in [6.45, 7) is 27.4. The van der Waals surface area contributed by atoms with E-state index in [0.29, 0.717) is 54.2 Å². The van der Waals surface area contributed by atoms with Gasteiger partial charge in [-0.25, -0.2) is 4.79 Å². The van der Waals surface area contributed by atoms with Crippen molar-refractivity contribution in [3.05, 3.63) is 46.6 Å². The first-order valence-corrected chi connectivity index (χ1v) is 23.7. The van der Waals surface area contributed by atoms with Crippen LogP contribution in [0.4, 0.5) is 4.79 Å². The highest BCUT2D eigenvalue weighted by Crippen LogP contribution is 2.44. The molecule has 1 heterocycles. The normalized spacial score (nSPS) is 12.7. The number of rotatable bonds is 15. The minimum Gasteiger partial charge on any atom is -0.492 e. The van der Waals surface area contributed by atoms with Gasteiger partial charge >= 0.3 is 6.09 Å². The van der Waals surface area contributed by atoms with Crippen molar-refractivity contribution < 1.29 is 37.0 Å². The Labute approximate surface area is 304 Å². The molecule has 0 bridgehead atoms. The summed E-state index contributed by atoms with van der Waals surface area (Å²) in [7, 11) is -1.02. The minimum absolute atomic E-state index is 0.0600. The van der Waals surface area contributed by atoms with Crippen molar-refractivity contribution in [2.75, 3.05) is 40.5 Å². The van der Waals surface area contributed by atoms with Crippen molar-refractivity contribution in [2.24, 2.45) is 0 Å². The first-order valence-electron chi connectivity index (χ1n) is 17.0. The largest absolute Gasteiger partial charge is 0.492 e. The van der Waals surface area contributed by atoms with E-state index in [0.717, 1.165) is 4.90 Å². The monoisotopic (exact) mass is 747 g/mol. The Kier molecular flexibility index (Phi) is 13.7. The number of fused-ring (bicyclic) bond motifs is 1. The highest BCUT2D eigenvalue weighted by molar-refractivity contribution is 7.99. The first kappa shape index (κ1) is 41.4. The van der Waals surface area contributed by atoms with Crippen molar-refractivity contribution in [2.45, 2.75) is 108 Å². The van der Waals surface area contributed by atoms with Crippen LogP contribution in [0.1, 0.15) is 55.4 Å². The van der Waals surface area contributed by atoms with Crippen molar-refractivity contribution in [3.63, 3.8) is 0 Å². The van der Waals surface area contributed by atoms with Gasteiger partial charge in [-0.2, -0.15) is 0 Å². The van der Waals surface area contributed by atoms with E-state index < -0.39 is 22.7 Å². The highest BCUT2D eigenvalue weighted by Gasteiger charge is 2.38. The third kappa shape index (κ3) is 10.5. The second kappa shape index (κ2) is 16.6. The molecule has 13 heteroatoms. The predicted molar refractivity (Wildman–Crippen MR) is 206 cm³/mol. The lowest BCUT2D eigenvalue weighted by Gasteiger charge is -2.37. The molecule has 0 fully saturated rings. The van der Waals surface area contributed by atoms with Crippen LogP contribution in [-0.4, -0.2) is 74.3 Å². The van der Waals surface area contributed by atoms with Crippen LogP contribution < -0.4 is 24.4 Å². The second-order valence-corrected chi connectivity index (χ2v) is 26.3. The molecule has 0 N–H and O–H groups in total. The fraction of sp³-hybridized carbons (Fsp3) is 0.568. The Morgan fingerprint density at radius 3 is 1.82 bits per heavy atom. The molecule has 0 aliphatic heterocycles. The summed E-state index contributed by atoms with van der Waals surface area (Å²) < 4.78 is 41.7. The Hall–Kier alpha value is -2.98. The zero-order valence-electron chi connectivity index (χ0n) is 32.4. The van der Waals surface area contributed by atoms with Gasteiger partial charge < -0.3 is 37.1 Å². The predicted octanol–water partition coefficient (Wildman–Crippen LogP) is 9.59. The molecule has 3 aromatic rings. The second-order valence-electron chi connectivity index (χ2n) is 15.6. The summed E-state index contributed by atoms with van der Waals surface area (Å²) >= 11 is 1.27. The van der Waals surface area contributed by atoms with Crippen LogP contribution in [0, 0.1) is 0 Å². The average molecular weight is 748 g/mol. The molecule has 2 aromatic carbocycles. The molecule has 0 saturated heterocycles. The summed E-state index contributed by atoms with van der Waals surface area (Å²) in [5.74, 6) is 1.39. The van der Waals surface area contributed by atoms with Gasteiger partial charge in [0.25, 0.3) is 0 Å². The zero-order chi connectivity index (χ0) is 37.7. The topological polar surface area (TPSA) is 106 Å². The molecule has 3 rings (SSSR count). The molecule has 0 atom stereocenters. The van der Waals surface area contributed by atoms with Crippen molar-refractivity contribution in [1.29, 1.82) is 0 Å². The van der Waals surface area contributed by atoms with Crippen molar-refractivity contribution >= 4 is 45.5 Å². The van der Waals surface area contributed by atoms with E-state index >= 15 is 0 Å². The minimum atomic E-state index is -1.99. The molecule has 278 valence electrons. The lowest BCUT2D eigenvalue weighted by atomic mass is 10.1. The standard InChI is InChI=1S/C37H57NO9SSi2/c1-25(2)45-30-24-29-32(34(42-10)33(30)41-9)28(39)23-31(47-29)48-27-17-15-26(16-18-27)46-35(40)38(19-21-43-49(11,12)36(3,4)5)20-22-44-50(13,14)37(6,7)8/h15-18,23-25H,19-22H2,1-14H3. The molecule has 0 radical (unpaired) electrons. The Balaban J connectivity index is 1.78. The Bertz CT molecular complexity index is 1630. The van der Waals surface area contributed by atoms with E-state index in [-0.39, 0.29) is 32.7 Å². The maximum absolute atomic E-state index is 13.5. The van der Waals surface area contributed by atoms with E-state index in [1.807, 2.05) is 26.0 Å². The van der Waals surface area contributed by atoms with Gasteiger partial charge in [-0.15, -0.1) is 0 Å². The fourth-order valence-electron chi connectivity index (χ4n) is 4.41. The molecule has 0 aliphatic carbocycles. The molecular formula is C37H57NO9SSi2. The van der Waals surface area contributed by atoms with Crippen LogP contribution in [0.15, 0.2) is 55.6 Å². The number of hydrogen-bond acceptors (Lipinski definition) is 10. The van der Waals surface area contributed by atoms with E-state index in [1.54, 1.807) is 23.1 Å². The van der Waals surface area contributed by atoms with Crippen LogP contribution in [0.25, 0.3) is 11.0 Å². The lowest BCUT2D eigenvalue weighted by molar-refractivity contribution is 0.127. The summed E-state index contributed by atoms with van der Waals surface area (Å²) in [5.41, 5.74) is 0.0368. The molecule has 0 spiro atoms. The van der Waals surface area contributed by atoms with Crippen LogP contribution in [0.2, 0.25) is 36.3 Å². The average Bonchev–Trinajstić information content (AvgIpc) is 2.99. The van der Waals surface area contributed by atoms with E-state index in [2.05, 4.69) is 67.7 Å². The number of amides is 1. The maximum Gasteiger partial charge on any atom is 0.415 e. The van der Waals surface area contributed by atoms with E-state index in [1.165, 1.54) is 32.0 Å². The molecular weight excluding hydrogens is 691 g/mol. The van der Waals surface area contributed by atoms with Gasteiger partial charge in [-0.3, -0.25) is 4.79 Å². The Morgan fingerprint density at radius 2 is 1.36 bits per heavy atom. The van der Waals surface area contributed by atoms with Gasteiger partial charge in [-0.1, -0.05) is 53.3 Å². The lowest BCUT2D eigenvalue weighted by Crippen LogP contribution is -2.46. The smallest absolute Gasteiger partial charge is 0.415 e. The van der Waals surface area contributed by atoms with Gasteiger partial charge in [0.2, 0.25) is 5.75 Å². The molecule has 10 nitrogen and oxygen atoms in total. The number of carbonyl (C=O) groups excluding carboxylic acids is 1. The number of benzene rings is 2. The van der Waals surface area contributed by atoms with E-state index in [9.17, 15) is 9.59 Å². The zero-order valence-corrected chi connectivity index (χ0v) is 35.2. The van der Waals surface area contributed by atoms with Gasteiger partial charge in [-0.05, 0) is 74.4 Å². The molecule has 0 saturated carbocycles. The highest BCUT2D eigenvalue weighted by atomic mass is 32.2. The molecule has 0 unspecified atom stereocenters. The SMILES string of the molecule is COc1c(OC(C)C)cc2oc(Sc3ccc(OC(=O)N(CCO[Si](C)(C)C(C)(C)C)CCO[Si](C)(C)C(C)(C)C)cc3)cc(=O)c2c1OC. The number of carbonyl (C=O) groups is 1. The summed E-state index contributed by atoms with van der Waals surface area (Å²) in [6, 6.07) is 10.1. The van der Waals surface area contributed by atoms with E-state index in [4.69, 9.17) is 32.2 Å². The molecule has 1 amide bonds. The van der Waals surface area contributed by atoms with Crippen molar-refractivity contribution in [3.8, 4) is 23.0 Å². The number of methoxy groups -OCH3 is 2. The summed E-state index contributed by atoms with van der Waals surface area (Å²) in [5, 5.41) is 0.764. The third-order valence-corrected chi connectivity index (χ3v) is 19.4. The van der Waals surface area contributed by atoms with Gasteiger partial charge in [0.15, 0.2) is 38.7 Å². The summed E-state index contributed by atoms with van der Waals surface area (Å²) in [4.78, 5) is 29.2. The maximum atomic E-state index is 13.5. The number of nitrogens with zero attached hydrogens (tertiary/aromatic N) is 1. The van der Waals surface area contributed by atoms with Gasteiger partial charge in [0, 0.05) is 30.1 Å². The van der Waals surface area contributed by atoms with Crippen LogP contribution in [0.3, 0.4) is 0 Å². The van der Waals surface area contributed by atoms with Crippen LogP contribution in [0.5, 0.6) is 23.0 Å². The molecule has 0 aliphatic rings. The van der Waals surface area contributed by atoms with Crippen LogP contribution >= 0.6 is 11.8 Å². The number of hydrogen-bond donors (Lipinski definition) is 0. The fourth-order valence-corrected chi connectivity index (χ4v) is 7.28. The van der Waals surface area contributed by atoms with Gasteiger partial charge in [0.1, 0.15) is 16.7 Å². The van der Waals surface area contributed by atoms with Crippen LogP contribution in [-0.2, 0) is 8.85 Å². The Morgan fingerprint density at radius 1 is 0.840 bits per heavy atom. The summed E-state index contributed by atoms with van der Waals surface area (Å²) in [6.07, 6.45) is -0.603. The third-order valence-electron chi connectivity index (χ3n) is 9.41. The first-order chi connectivity index (χ1) is 23.1. The number of ether oxygens (including phenoxy) is 4.